The summed E-state index contributed by atoms with van der Waals surface area (Å²) in [6.45, 7) is 0.616. The molecule has 102 valence electrons. The number of carbonyl (C=O) groups is 1. The van der Waals surface area contributed by atoms with E-state index in [1.54, 1.807) is 0 Å². The van der Waals surface area contributed by atoms with Crippen LogP contribution in [0.2, 0.25) is 0 Å². The van der Waals surface area contributed by atoms with E-state index >= 15 is 0 Å². The van der Waals surface area contributed by atoms with Crippen molar-refractivity contribution in [2.45, 2.75) is 20.1 Å². The summed E-state index contributed by atoms with van der Waals surface area (Å²) < 4.78 is 0. The van der Waals surface area contributed by atoms with Crippen molar-refractivity contribution < 1.29 is 24.6 Å². The number of ketones is 1. The van der Waals surface area contributed by atoms with Crippen LogP contribution < -0.4 is 0 Å². The van der Waals surface area contributed by atoms with E-state index in [-0.39, 0.29) is 24.6 Å². The van der Waals surface area contributed by atoms with Gasteiger partial charge in [0.15, 0.2) is 5.78 Å². The number of nitrogens with zero attached hydrogens (tertiary/aromatic N) is 2. The molecule has 1 rings (SSSR count). The van der Waals surface area contributed by atoms with Gasteiger partial charge in [-0.3, -0.25) is 4.79 Å². The molecule has 1 aromatic carbocycles. The van der Waals surface area contributed by atoms with E-state index in [4.69, 9.17) is 0 Å². The molecule has 0 bridgehead atoms. The Morgan fingerprint density at radius 2 is 1.47 bits per heavy atom. The lowest BCUT2D eigenvalue weighted by molar-refractivity contribution is -0.763. The van der Waals surface area contributed by atoms with Crippen LogP contribution >= 0.6 is 0 Å². The highest BCUT2D eigenvalue weighted by Crippen LogP contribution is 2.13. The molecule has 0 saturated carbocycles. The Morgan fingerprint density at radius 1 is 1.05 bits per heavy atom. The topological polar surface area (TPSA) is 122 Å². The molecule has 9 heteroatoms. The Balaban J connectivity index is 2.93. The van der Waals surface area contributed by atoms with E-state index in [1.807, 2.05) is 0 Å². The van der Waals surface area contributed by atoms with Gasteiger partial charge in [0.2, 0.25) is 0 Å². The summed E-state index contributed by atoms with van der Waals surface area (Å²) >= 11 is 0. The minimum atomic E-state index is -0.965. The highest BCUT2D eigenvalue weighted by molar-refractivity contribution is 5.94. The zero-order valence-corrected chi connectivity index (χ0v) is 9.90. The summed E-state index contributed by atoms with van der Waals surface area (Å²) in [5, 5.41) is 18.3. The molecular formula is C10H10N2O7. The van der Waals surface area contributed by atoms with Gasteiger partial charge < -0.3 is 9.68 Å². The smallest absolute Gasteiger partial charge is 0.294 e. The number of rotatable bonds is 7. The van der Waals surface area contributed by atoms with E-state index in [0.29, 0.717) is 11.1 Å². The molecule has 0 aliphatic rings. The van der Waals surface area contributed by atoms with Gasteiger partial charge in [0.05, 0.1) is 0 Å². The van der Waals surface area contributed by atoms with Gasteiger partial charge >= 0.3 is 0 Å². The number of Topliss-reactive ketones (excluding diaryl/α,β-unsaturated/α-hetero) is 1. The molecule has 0 aromatic heterocycles. The SMILES string of the molecule is CC(=O)c1cc(CO[N+](=O)[O-])cc(CO[N+](=O)[O-])c1. The predicted molar refractivity (Wildman–Crippen MR) is 60.0 cm³/mol. The largest absolute Gasteiger partial charge is 0.309 e. The maximum absolute atomic E-state index is 11.3. The van der Waals surface area contributed by atoms with Gasteiger partial charge in [-0.1, -0.05) is 6.07 Å². The van der Waals surface area contributed by atoms with Gasteiger partial charge in [0.1, 0.15) is 13.2 Å². The Kier molecular flexibility index (Phi) is 4.75. The number of benzene rings is 1. The van der Waals surface area contributed by atoms with Crippen LogP contribution in [0, 0.1) is 20.2 Å². The van der Waals surface area contributed by atoms with Crippen LogP contribution in [0.3, 0.4) is 0 Å². The maximum atomic E-state index is 11.3. The molecule has 0 aliphatic heterocycles. The third-order valence-corrected chi connectivity index (χ3v) is 2.13. The standard InChI is InChI=1S/C10H10N2O7/c1-7(13)10-3-8(5-18-11(14)15)2-9(4-10)6-19-12(16)17/h2-4H,5-6H2,1H3. The van der Waals surface area contributed by atoms with Crippen molar-refractivity contribution in [1.29, 1.82) is 0 Å². The van der Waals surface area contributed by atoms with Gasteiger partial charge in [-0.15, -0.1) is 20.2 Å². The zero-order valence-electron chi connectivity index (χ0n) is 9.90. The fraction of sp³-hybridized carbons (Fsp3) is 0.300. The molecular weight excluding hydrogens is 260 g/mol. The summed E-state index contributed by atoms with van der Waals surface area (Å²) in [6, 6.07) is 4.27. The molecule has 0 atom stereocenters. The van der Waals surface area contributed by atoms with Crippen LogP contribution in [-0.2, 0) is 22.9 Å². The molecule has 0 N–H and O–H groups in total. The second-order valence-corrected chi connectivity index (χ2v) is 3.59. The molecule has 9 nitrogen and oxygen atoms in total. The second-order valence-electron chi connectivity index (χ2n) is 3.59. The van der Waals surface area contributed by atoms with Gasteiger partial charge in [0, 0.05) is 5.56 Å². The summed E-state index contributed by atoms with van der Waals surface area (Å²) in [6.07, 6.45) is 0. The first kappa shape index (κ1) is 14.4. The monoisotopic (exact) mass is 270 g/mol. The van der Waals surface area contributed by atoms with Gasteiger partial charge in [0.25, 0.3) is 10.2 Å². The first-order valence-electron chi connectivity index (χ1n) is 5.07. The van der Waals surface area contributed by atoms with E-state index in [9.17, 15) is 25.0 Å². The summed E-state index contributed by atoms with van der Waals surface area (Å²) in [5.41, 5.74) is 0.976. The van der Waals surface area contributed by atoms with Crippen molar-refractivity contribution in [2.24, 2.45) is 0 Å². The first-order valence-corrected chi connectivity index (χ1v) is 5.07. The normalized spacial score (nSPS) is 9.74. The molecule has 1 aromatic rings. The van der Waals surface area contributed by atoms with Crippen molar-refractivity contribution in [1.82, 2.24) is 0 Å². The van der Waals surface area contributed by atoms with Crippen molar-refractivity contribution in [3.63, 3.8) is 0 Å². The molecule has 0 saturated heterocycles. The van der Waals surface area contributed by atoms with Gasteiger partial charge in [-0.2, -0.15) is 0 Å². The van der Waals surface area contributed by atoms with E-state index in [0.717, 1.165) is 0 Å². The third-order valence-electron chi connectivity index (χ3n) is 2.13. The van der Waals surface area contributed by atoms with Crippen molar-refractivity contribution in [3.05, 3.63) is 55.1 Å². The molecule has 0 radical (unpaired) electrons. The fourth-order valence-corrected chi connectivity index (χ4v) is 1.39. The van der Waals surface area contributed by atoms with Crippen LogP contribution in [0.1, 0.15) is 28.4 Å². The molecule has 0 spiro atoms. The van der Waals surface area contributed by atoms with Crippen LogP contribution in [0.5, 0.6) is 0 Å². The van der Waals surface area contributed by atoms with E-state index < -0.39 is 10.2 Å². The lowest BCUT2D eigenvalue weighted by atomic mass is 10.0. The maximum Gasteiger partial charge on any atom is 0.294 e. The Morgan fingerprint density at radius 3 is 1.79 bits per heavy atom. The van der Waals surface area contributed by atoms with Crippen LogP contribution in [0.15, 0.2) is 18.2 Å². The molecule has 0 amide bonds. The first-order chi connectivity index (χ1) is 8.88. The quantitative estimate of drug-likeness (QED) is 0.415. The summed E-state index contributed by atoms with van der Waals surface area (Å²) in [5.74, 6) is -0.273. The van der Waals surface area contributed by atoms with Crippen molar-refractivity contribution in [3.8, 4) is 0 Å². The average Bonchev–Trinajstić information content (AvgIpc) is 2.33. The molecule has 19 heavy (non-hydrogen) atoms. The Labute approximate surface area is 106 Å². The summed E-state index contributed by atoms with van der Waals surface area (Å²) in [4.78, 5) is 39.8. The van der Waals surface area contributed by atoms with Crippen LogP contribution in [0.25, 0.3) is 0 Å². The van der Waals surface area contributed by atoms with E-state index in [2.05, 4.69) is 9.68 Å². The minimum absolute atomic E-state index is 0.270. The lowest BCUT2D eigenvalue weighted by Crippen LogP contribution is -2.05. The molecule has 0 aliphatic carbocycles. The summed E-state index contributed by atoms with van der Waals surface area (Å²) in [7, 11) is 0. The van der Waals surface area contributed by atoms with Crippen LogP contribution in [-0.4, -0.2) is 16.0 Å². The number of hydrogen-bond acceptors (Lipinski definition) is 7. The van der Waals surface area contributed by atoms with E-state index in [1.165, 1.54) is 25.1 Å². The lowest BCUT2D eigenvalue weighted by Gasteiger charge is -2.07. The average molecular weight is 270 g/mol. The Hall–Kier alpha value is -2.71. The molecule has 0 unspecified atom stereocenters. The van der Waals surface area contributed by atoms with Crippen molar-refractivity contribution >= 4 is 5.78 Å². The zero-order chi connectivity index (χ0) is 14.4. The minimum Gasteiger partial charge on any atom is -0.309 e. The fourth-order valence-electron chi connectivity index (χ4n) is 1.39. The second kappa shape index (κ2) is 6.28. The molecule has 0 fully saturated rings. The van der Waals surface area contributed by atoms with Crippen molar-refractivity contribution in [2.75, 3.05) is 0 Å². The predicted octanol–water partition coefficient (Wildman–Crippen LogP) is 1.31. The van der Waals surface area contributed by atoms with Gasteiger partial charge in [-0.05, 0) is 30.2 Å². The highest BCUT2D eigenvalue weighted by Gasteiger charge is 2.08. The Bertz CT molecular complexity index is 478. The third kappa shape index (κ3) is 4.98. The number of carbonyl (C=O) groups excluding carboxylic acids is 1. The van der Waals surface area contributed by atoms with Gasteiger partial charge in [-0.25, -0.2) is 0 Å². The number of hydrogen-bond donors (Lipinski definition) is 0. The highest BCUT2D eigenvalue weighted by atomic mass is 17.0. The van der Waals surface area contributed by atoms with Crippen LogP contribution in [0.4, 0.5) is 0 Å². The molecule has 0 heterocycles.